The number of esters is 1. The fourth-order valence-electron chi connectivity index (χ4n) is 3.59. The van der Waals surface area contributed by atoms with E-state index < -0.39 is 46.4 Å². The molecular formula is C20H26N2O7. The van der Waals surface area contributed by atoms with Gasteiger partial charge in [0.1, 0.15) is 5.60 Å². The summed E-state index contributed by atoms with van der Waals surface area (Å²) in [6, 6.07) is 8.20. The second kappa shape index (κ2) is 8.59. The lowest BCUT2D eigenvalue weighted by atomic mass is 9.76. The first kappa shape index (κ1) is 22.3. The largest absolute Gasteiger partial charge is 0.464 e. The zero-order chi connectivity index (χ0) is 21.8. The third-order valence-electron chi connectivity index (χ3n) is 4.65. The van der Waals surface area contributed by atoms with Crippen molar-refractivity contribution in [2.45, 2.75) is 51.2 Å². The topological polar surface area (TPSA) is 116 Å². The fraction of sp³-hybridized carbons (Fsp3) is 0.550. The van der Waals surface area contributed by atoms with Gasteiger partial charge >= 0.3 is 12.1 Å². The zero-order valence-corrected chi connectivity index (χ0v) is 17.0. The van der Waals surface area contributed by atoms with Crippen molar-refractivity contribution < 1.29 is 28.8 Å². The van der Waals surface area contributed by atoms with E-state index in [9.17, 15) is 24.5 Å². The van der Waals surface area contributed by atoms with Crippen molar-refractivity contribution >= 4 is 17.8 Å². The molecule has 0 aromatic heterocycles. The van der Waals surface area contributed by atoms with Gasteiger partial charge < -0.3 is 9.47 Å². The summed E-state index contributed by atoms with van der Waals surface area (Å²) in [5.74, 6) is -2.80. The molecule has 9 nitrogen and oxygen atoms in total. The Labute approximate surface area is 169 Å². The number of ether oxygens (including phenoxy) is 2. The van der Waals surface area contributed by atoms with Gasteiger partial charge in [-0.1, -0.05) is 30.3 Å². The lowest BCUT2D eigenvalue weighted by Crippen LogP contribution is -2.63. The van der Waals surface area contributed by atoms with Gasteiger partial charge in [0.25, 0.3) is 0 Å². The van der Waals surface area contributed by atoms with Crippen LogP contribution >= 0.6 is 0 Å². The van der Waals surface area contributed by atoms with E-state index >= 15 is 0 Å². The second-order valence-corrected chi connectivity index (χ2v) is 7.77. The SMILES string of the molecule is CCOC(=O)[C@]1([C@H](C[N+](=O)[O-])c2ccccc2)C(=O)CCN1C(=O)OC(C)(C)C. The molecular weight excluding hydrogens is 380 g/mol. The molecule has 1 aromatic carbocycles. The highest BCUT2D eigenvalue weighted by Gasteiger charge is 2.64. The molecule has 1 heterocycles. The molecule has 1 saturated heterocycles. The summed E-state index contributed by atoms with van der Waals surface area (Å²) in [5.41, 5.74) is -2.65. The predicted octanol–water partition coefficient (Wildman–Crippen LogP) is 2.56. The standard InChI is InChI=1S/C20H26N2O7/c1-5-28-17(24)20(15(13-22(26)27)14-9-7-6-8-10-14)16(23)11-12-21(20)18(25)29-19(2,3)4/h6-10,15H,5,11-13H2,1-4H3/t15-,20+/m1/s1. The highest BCUT2D eigenvalue weighted by Crippen LogP contribution is 2.41. The molecule has 9 heteroatoms. The van der Waals surface area contributed by atoms with E-state index in [1.165, 1.54) is 0 Å². The number of hydrogen-bond donors (Lipinski definition) is 0. The van der Waals surface area contributed by atoms with Crippen LogP contribution in [0.3, 0.4) is 0 Å². The molecule has 1 aromatic rings. The first-order chi connectivity index (χ1) is 13.5. The number of nitrogens with zero attached hydrogens (tertiary/aromatic N) is 2. The monoisotopic (exact) mass is 406 g/mol. The van der Waals surface area contributed by atoms with Gasteiger partial charge in [-0.3, -0.25) is 19.8 Å². The number of hydrogen-bond acceptors (Lipinski definition) is 7. The molecule has 158 valence electrons. The van der Waals surface area contributed by atoms with Crippen LogP contribution in [0.15, 0.2) is 30.3 Å². The molecule has 0 bridgehead atoms. The van der Waals surface area contributed by atoms with Gasteiger partial charge in [-0.05, 0) is 33.3 Å². The van der Waals surface area contributed by atoms with Gasteiger partial charge in [-0.25, -0.2) is 9.59 Å². The Morgan fingerprint density at radius 2 is 1.90 bits per heavy atom. The molecule has 0 radical (unpaired) electrons. The van der Waals surface area contributed by atoms with Crippen molar-refractivity contribution in [2.24, 2.45) is 0 Å². The van der Waals surface area contributed by atoms with Crippen LogP contribution in [-0.4, -0.2) is 58.5 Å². The first-order valence-corrected chi connectivity index (χ1v) is 9.42. The molecule has 0 saturated carbocycles. The van der Waals surface area contributed by atoms with Gasteiger partial charge in [0.2, 0.25) is 12.1 Å². The lowest BCUT2D eigenvalue weighted by molar-refractivity contribution is -0.485. The molecule has 0 aliphatic carbocycles. The van der Waals surface area contributed by atoms with Crippen molar-refractivity contribution in [3.63, 3.8) is 0 Å². The van der Waals surface area contributed by atoms with Crippen molar-refractivity contribution in [1.29, 1.82) is 0 Å². The number of amides is 1. The molecule has 0 N–H and O–H groups in total. The van der Waals surface area contributed by atoms with Crippen molar-refractivity contribution in [3.8, 4) is 0 Å². The summed E-state index contributed by atoms with van der Waals surface area (Å²) in [6.45, 7) is 5.66. The summed E-state index contributed by atoms with van der Waals surface area (Å²) >= 11 is 0. The van der Waals surface area contributed by atoms with Crippen LogP contribution in [-0.2, 0) is 19.1 Å². The maximum atomic E-state index is 13.1. The number of benzene rings is 1. The van der Waals surface area contributed by atoms with Crippen LogP contribution in [0.4, 0.5) is 4.79 Å². The summed E-state index contributed by atoms with van der Waals surface area (Å²) in [4.78, 5) is 51.1. The van der Waals surface area contributed by atoms with E-state index in [0.29, 0.717) is 5.56 Å². The summed E-state index contributed by atoms with van der Waals surface area (Å²) in [6.07, 6.45) is -1.01. The van der Waals surface area contributed by atoms with Crippen molar-refractivity contribution in [2.75, 3.05) is 19.7 Å². The fourth-order valence-corrected chi connectivity index (χ4v) is 3.59. The van der Waals surface area contributed by atoms with E-state index in [4.69, 9.17) is 9.47 Å². The quantitative estimate of drug-likeness (QED) is 0.308. The Morgan fingerprint density at radius 1 is 1.28 bits per heavy atom. The van der Waals surface area contributed by atoms with Crippen LogP contribution in [0.1, 0.15) is 45.6 Å². The van der Waals surface area contributed by atoms with Crippen LogP contribution in [0.5, 0.6) is 0 Å². The van der Waals surface area contributed by atoms with Gasteiger partial charge in [-0.15, -0.1) is 0 Å². The number of rotatable bonds is 6. The average molecular weight is 406 g/mol. The number of Topliss-reactive ketones (excluding diaryl/α,β-unsaturated/α-hetero) is 1. The van der Waals surface area contributed by atoms with Gasteiger partial charge in [0, 0.05) is 17.9 Å². The summed E-state index contributed by atoms with van der Waals surface area (Å²) in [7, 11) is 0. The molecule has 2 rings (SSSR count). The van der Waals surface area contributed by atoms with Crippen LogP contribution in [0.25, 0.3) is 0 Å². The summed E-state index contributed by atoms with van der Waals surface area (Å²) in [5, 5.41) is 11.5. The number of carbonyl (C=O) groups excluding carboxylic acids is 3. The van der Waals surface area contributed by atoms with Crippen molar-refractivity contribution in [1.82, 2.24) is 4.90 Å². The highest BCUT2D eigenvalue weighted by molar-refractivity contribution is 6.13. The van der Waals surface area contributed by atoms with E-state index in [2.05, 4.69) is 0 Å². The maximum absolute atomic E-state index is 13.1. The maximum Gasteiger partial charge on any atom is 0.411 e. The number of carbonyl (C=O) groups is 3. The molecule has 1 aliphatic rings. The number of ketones is 1. The number of likely N-dealkylation sites (tertiary alicyclic amines) is 1. The smallest absolute Gasteiger partial charge is 0.411 e. The van der Waals surface area contributed by atoms with Crippen LogP contribution < -0.4 is 0 Å². The molecule has 1 fully saturated rings. The van der Waals surface area contributed by atoms with Gasteiger partial charge in [0.05, 0.1) is 12.5 Å². The third kappa shape index (κ3) is 4.55. The first-order valence-electron chi connectivity index (χ1n) is 9.42. The predicted molar refractivity (Wildman–Crippen MR) is 103 cm³/mol. The third-order valence-corrected chi connectivity index (χ3v) is 4.65. The highest BCUT2D eigenvalue weighted by atomic mass is 16.6. The Hall–Kier alpha value is -2.97. The normalized spacial score (nSPS) is 20.3. The minimum absolute atomic E-state index is 0.0456. The van der Waals surface area contributed by atoms with Crippen LogP contribution in [0, 0.1) is 10.1 Å². The van der Waals surface area contributed by atoms with E-state index in [1.807, 2.05) is 0 Å². The Morgan fingerprint density at radius 3 is 2.41 bits per heavy atom. The molecule has 2 atom stereocenters. The van der Waals surface area contributed by atoms with E-state index in [1.54, 1.807) is 58.0 Å². The molecule has 1 aliphatic heterocycles. The molecule has 0 spiro atoms. The Balaban J connectivity index is 2.68. The molecule has 1 amide bonds. The average Bonchev–Trinajstić information content (AvgIpc) is 2.97. The Bertz CT molecular complexity index is 788. The minimum atomic E-state index is -2.16. The molecule has 0 unspecified atom stereocenters. The Kier molecular flexibility index (Phi) is 6.61. The van der Waals surface area contributed by atoms with Gasteiger partial charge in [-0.2, -0.15) is 0 Å². The summed E-state index contributed by atoms with van der Waals surface area (Å²) < 4.78 is 10.6. The van der Waals surface area contributed by atoms with Crippen LogP contribution in [0.2, 0.25) is 0 Å². The van der Waals surface area contributed by atoms with E-state index in [-0.39, 0.29) is 19.6 Å². The molecule has 29 heavy (non-hydrogen) atoms. The second-order valence-electron chi connectivity index (χ2n) is 7.77. The zero-order valence-electron chi connectivity index (χ0n) is 17.0. The number of nitro groups is 1. The van der Waals surface area contributed by atoms with Gasteiger partial charge in [0.15, 0.2) is 5.78 Å². The minimum Gasteiger partial charge on any atom is -0.464 e. The van der Waals surface area contributed by atoms with Crippen molar-refractivity contribution in [3.05, 3.63) is 46.0 Å². The lowest BCUT2D eigenvalue weighted by Gasteiger charge is -2.39. The van der Waals surface area contributed by atoms with E-state index in [0.717, 1.165) is 4.90 Å².